The molecule has 2 aromatic rings. The SMILES string of the molecule is Cc1ccc(CN2CC[C@@]3(CCN(Cc4cccc(F)c4)C3=O)C2)o1. The Balaban J connectivity index is 1.41. The number of nitrogens with zero attached hydrogens (tertiary/aromatic N) is 2. The van der Waals surface area contributed by atoms with Crippen molar-refractivity contribution in [1.29, 1.82) is 0 Å². The summed E-state index contributed by atoms with van der Waals surface area (Å²) in [6.07, 6.45) is 1.78. The molecular formula is C20H23FN2O2. The van der Waals surface area contributed by atoms with Crippen molar-refractivity contribution in [2.24, 2.45) is 5.41 Å². The summed E-state index contributed by atoms with van der Waals surface area (Å²) in [5, 5.41) is 0. The third kappa shape index (κ3) is 3.21. The van der Waals surface area contributed by atoms with Crippen LogP contribution in [0.3, 0.4) is 0 Å². The maximum Gasteiger partial charge on any atom is 0.230 e. The molecule has 0 unspecified atom stereocenters. The summed E-state index contributed by atoms with van der Waals surface area (Å²) < 4.78 is 19.0. The zero-order chi connectivity index (χ0) is 17.4. The summed E-state index contributed by atoms with van der Waals surface area (Å²) in [6, 6.07) is 10.5. The zero-order valence-corrected chi connectivity index (χ0v) is 14.5. The predicted molar refractivity (Wildman–Crippen MR) is 92.2 cm³/mol. The van der Waals surface area contributed by atoms with Gasteiger partial charge in [-0.05, 0) is 56.1 Å². The lowest BCUT2D eigenvalue weighted by atomic mass is 9.85. The third-order valence-electron chi connectivity index (χ3n) is 5.47. The van der Waals surface area contributed by atoms with E-state index in [0.29, 0.717) is 6.54 Å². The molecule has 0 aliphatic carbocycles. The second kappa shape index (κ2) is 6.30. The van der Waals surface area contributed by atoms with E-state index < -0.39 is 0 Å². The zero-order valence-electron chi connectivity index (χ0n) is 14.5. The Hall–Kier alpha value is -2.14. The third-order valence-corrected chi connectivity index (χ3v) is 5.47. The fourth-order valence-electron chi connectivity index (χ4n) is 4.16. The van der Waals surface area contributed by atoms with Gasteiger partial charge in [0.05, 0.1) is 12.0 Å². The monoisotopic (exact) mass is 342 g/mol. The molecule has 1 aromatic heterocycles. The number of hydrogen-bond acceptors (Lipinski definition) is 3. The molecule has 4 nitrogen and oxygen atoms in total. The minimum atomic E-state index is -0.269. The molecule has 3 heterocycles. The van der Waals surface area contributed by atoms with Crippen molar-refractivity contribution in [2.75, 3.05) is 19.6 Å². The molecular weight excluding hydrogens is 319 g/mol. The van der Waals surface area contributed by atoms with Gasteiger partial charge >= 0.3 is 0 Å². The summed E-state index contributed by atoms with van der Waals surface area (Å²) in [5.74, 6) is 1.84. The van der Waals surface area contributed by atoms with Gasteiger partial charge in [-0.2, -0.15) is 0 Å². The summed E-state index contributed by atoms with van der Waals surface area (Å²) in [6.45, 7) is 5.65. The van der Waals surface area contributed by atoms with Crippen LogP contribution in [0.25, 0.3) is 0 Å². The summed E-state index contributed by atoms with van der Waals surface area (Å²) in [4.78, 5) is 17.2. The van der Waals surface area contributed by atoms with E-state index in [1.165, 1.54) is 12.1 Å². The molecule has 1 atom stereocenters. The Morgan fingerprint density at radius 2 is 2.00 bits per heavy atom. The molecule has 0 radical (unpaired) electrons. The topological polar surface area (TPSA) is 36.7 Å². The van der Waals surface area contributed by atoms with Gasteiger partial charge in [-0.1, -0.05) is 12.1 Å². The molecule has 1 amide bonds. The molecule has 132 valence electrons. The number of aryl methyl sites for hydroxylation is 1. The van der Waals surface area contributed by atoms with Gasteiger partial charge in [0.1, 0.15) is 17.3 Å². The Kier molecular flexibility index (Phi) is 4.12. The summed E-state index contributed by atoms with van der Waals surface area (Å²) in [5.41, 5.74) is 0.584. The van der Waals surface area contributed by atoms with Crippen LogP contribution in [0.5, 0.6) is 0 Å². The molecule has 2 fully saturated rings. The van der Waals surface area contributed by atoms with E-state index in [2.05, 4.69) is 4.90 Å². The van der Waals surface area contributed by atoms with Crippen LogP contribution in [0.1, 0.15) is 29.9 Å². The lowest BCUT2D eigenvalue weighted by Crippen LogP contribution is -2.36. The van der Waals surface area contributed by atoms with E-state index >= 15 is 0 Å². The normalized spacial score (nSPS) is 23.9. The van der Waals surface area contributed by atoms with Crippen LogP contribution in [0, 0.1) is 18.2 Å². The lowest BCUT2D eigenvalue weighted by molar-refractivity contribution is -0.136. The highest BCUT2D eigenvalue weighted by atomic mass is 19.1. The second-order valence-corrected chi connectivity index (χ2v) is 7.36. The van der Waals surface area contributed by atoms with Gasteiger partial charge in [0.25, 0.3) is 0 Å². The first-order chi connectivity index (χ1) is 12.0. The molecule has 1 spiro atoms. The number of amides is 1. The highest BCUT2D eigenvalue weighted by Gasteiger charge is 2.50. The minimum Gasteiger partial charge on any atom is -0.465 e. The molecule has 2 saturated heterocycles. The number of hydrogen-bond donors (Lipinski definition) is 0. The fraction of sp³-hybridized carbons (Fsp3) is 0.450. The largest absolute Gasteiger partial charge is 0.465 e. The van der Waals surface area contributed by atoms with Gasteiger partial charge in [0, 0.05) is 19.6 Å². The number of furan rings is 1. The lowest BCUT2D eigenvalue weighted by Gasteiger charge is -2.23. The van der Waals surface area contributed by atoms with Crippen LogP contribution < -0.4 is 0 Å². The second-order valence-electron chi connectivity index (χ2n) is 7.36. The average Bonchev–Trinajstić information content (AvgIpc) is 3.25. The molecule has 0 saturated carbocycles. The van der Waals surface area contributed by atoms with Crippen LogP contribution in [0.4, 0.5) is 4.39 Å². The maximum absolute atomic E-state index is 13.4. The van der Waals surface area contributed by atoms with Crippen LogP contribution in [-0.4, -0.2) is 35.3 Å². The molecule has 25 heavy (non-hydrogen) atoms. The van der Waals surface area contributed by atoms with Crippen LogP contribution >= 0.6 is 0 Å². The number of likely N-dealkylation sites (tertiary alicyclic amines) is 2. The Labute approximate surface area is 147 Å². The number of halogens is 1. The molecule has 0 bridgehead atoms. The molecule has 0 N–H and O–H groups in total. The van der Waals surface area contributed by atoms with Crippen LogP contribution in [0.15, 0.2) is 40.8 Å². The van der Waals surface area contributed by atoms with E-state index in [0.717, 1.165) is 56.1 Å². The van der Waals surface area contributed by atoms with Crippen molar-refractivity contribution in [3.63, 3.8) is 0 Å². The van der Waals surface area contributed by atoms with Crippen molar-refractivity contribution >= 4 is 5.91 Å². The van der Waals surface area contributed by atoms with E-state index in [9.17, 15) is 9.18 Å². The predicted octanol–water partition coefficient (Wildman–Crippen LogP) is 3.35. The van der Waals surface area contributed by atoms with E-state index in [1.54, 1.807) is 6.07 Å². The Morgan fingerprint density at radius 3 is 2.76 bits per heavy atom. The van der Waals surface area contributed by atoms with E-state index in [4.69, 9.17) is 4.42 Å². The molecule has 2 aliphatic heterocycles. The van der Waals surface area contributed by atoms with Crippen molar-refractivity contribution < 1.29 is 13.6 Å². The number of carbonyl (C=O) groups is 1. The Morgan fingerprint density at radius 1 is 1.16 bits per heavy atom. The molecule has 4 rings (SSSR count). The quantitative estimate of drug-likeness (QED) is 0.855. The summed E-state index contributed by atoms with van der Waals surface area (Å²) in [7, 11) is 0. The highest BCUT2D eigenvalue weighted by molar-refractivity contribution is 5.85. The van der Waals surface area contributed by atoms with Crippen LogP contribution in [-0.2, 0) is 17.9 Å². The van der Waals surface area contributed by atoms with Gasteiger partial charge in [-0.15, -0.1) is 0 Å². The number of rotatable bonds is 4. The standard InChI is InChI=1S/C20H23FN2O2/c1-15-5-6-18(25-15)13-22-9-7-20(14-22)8-10-23(19(20)24)12-16-3-2-4-17(21)11-16/h2-6,11H,7-10,12-14H2,1H3/t20-/m1/s1. The minimum absolute atomic E-state index is 0.217. The summed E-state index contributed by atoms with van der Waals surface area (Å²) >= 11 is 0. The first-order valence-electron chi connectivity index (χ1n) is 8.86. The fourth-order valence-corrected chi connectivity index (χ4v) is 4.16. The molecule has 1 aromatic carbocycles. The van der Waals surface area contributed by atoms with Gasteiger partial charge in [0.2, 0.25) is 5.91 Å². The smallest absolute Gasteiger partial charge is 0.230 e. The number of carbonyl (C=O) groups excluding carboxylic acids is 1. The van der Waals surface area contributed by atoms with Crippen molar-refractivity contribution in [3.05, 3.63) is 59.3 Å². The Bertz CT molecular complexity index is 788. The van der Waals surface area contributed by atoms with Crippen LogP contribution in [0.2, 0.25) is 0 Å². The average molecular weight is 342 g/mol. The number of benzene rings is 1. The molecule has 5 heteroatoms. The van der Waals surface area contributed by atoms with E-state index in [1.807, 2.05) is 30.0 Å². The van der Waals surface area contributed by atoms with Gasteiger partial charge in [-0.25, -0.2) is 4.39 Å². The van der Waals surface area contributed by atoms with Gasteiger partial charge in [0.15, 0.2) is 0 Å². The highest BCUT2D eigenvalue weighted by Crippen LogP contribution is 2.41. The van der Waals surface area contributed by atoms with Crippen molar-refractivity contribution in [3.8, 4) is 0 Å². The van der Waals surface area contributed by atoms with Crippen molar-refractivity contribution in [2.45, 2.75) is 32.9 Å². The van der Waals surface area contributed by atoms with Crippen molar-refractivity contribution in [1.82, 2.24) is 9.80 Å². The maximum atomic E-state index is 13.4. The van der Waals surface area contributed by atoms with E-state index in [-0.39, 0.29) is 17.1 Å². The first kappa shape index (κ1) is 16.3. The molecule has 2 aliphatic rings. The van der Waals surface area contributed by atoms with Gasteiger partial charge < -0.3 is 9.32 Å². The van der Waals surface area contributed by atoms with Gasteiger partial charge in [-0.3, -0.25) is 9.69 Å². The first-order valence-corrected chi connectivity index (χ1v) is 8.86.